The van der Waals surface area contributed by atoms with Crippen LogP contribution in [0.2, 0.25) is 5.15 Å². The third kappa shape index (κ3) is 7.56. The Balaban J connectivity index is 1.68. The summed E-state index contributed by atoms with van der Waals surface area (Å²) in [4.78, 5) is 15.8. The van der Waals surface area contributed by atoms with Crippen molar-refractivity contribution in [1.29, 1.82) is 0 Å². The molecule has 1 amide bonds. The maximum absolute atomic E-state index is 11.7. The number of ether oxygens (including phenoxy) is 1. The first-order valence-electron chi connectivity index (χ1n) is 8.74. The van der Waals surface area contributed by atoms with Crippen molar-refractivity contribution in [3.8, 4) is 0 Å². The van der Waals surface area contributed by atoms with E-state index in [2.05, 4.69) is 38.2 Å². The molecule has 0 radical (unpaired) electrons. The van der Waals surface area contributed by atoms with Gasteiger partial charge in [0.2, 0.25) is 0 Å². The molecule has 1 fully saturated rings. The maximum atomic E-state index is 11.7. The van der Waals surface area contributed by atoms with Crippen molar-refractivity contribution in [2.45, 2.75) is 52.1 Å². The highest BCUT2D eigenvalue weighted by molar-refractivity contribution is 14.1. The fourth-order valence-corrected chi connectivity index (χ4v) is 3.63. The summed E-state index contributed by atoms with van der Waals surface area (Å²) in [5.74, 6) is 1.19. The van der Waals surface area contributed by atoms with Crippen LogP contribution in [0.4, 0.5) is 10.5 Å². The molecule has 1 aromatic rings. The normalized spacial score (nSPS) is 20.8. The van der Waals surface area contributed by atoms with Gasteiger partial charge in [0.05, 0.1) is 9.26 Å². The minimum absolute atomic E-state index is 0.319. The van der Waals surface area contributed by atoms with Crippen LogP contribution in [0.5, 0.6) is 0 Å². The summed E-state index contributed by atoms with van der Waals surface area (Å²) in [6.07, 6.45) is 6.07. The summed E-state index contributed by atoms with van der Waals surface area (Å²) < 4.78 is 6.36. The van der Waals surface area contributed by atoms with Crippen molar-refractivity contribution in [3.63, 3.8) is 0 Å². The number of carbonyl (C=O) groups excluding carboxylic acids is 1. The first kappa shape index (κ1) is 20.6. The Morgan fingerprint density at radius 3 is 2.48 bits per heavy atom. The van der Waals surface area contributed by atoms with E-state index in [0.29, 0.717) is 23.5 Å². The zero-order chi connectivity index (χ0) is 18.4. The van der Waals surface area contributed by atoms with Crippen molar-refractivity contribution in [3.05, 3.63) is 21.0 Å². The number of anilines is 1. The van der Waals surface area contributed by atoms with Crippen LogP contribution in [0.1, 0.15) is 46.5 Å². The molecule has 5 nitrogen and oxygen atoms in total. The number of alkyl carbamates (subject to hydrolysis) is 1. The molecule has 1 heterocycles. The molecular formula is C18H27ClIN3O2. The highest BCUT2D eigenvalue weighted by Gasteiger charge is 2.23. The standard InChI is InChI=1S/C18H27ClIN3O2/c1-18(2,3)25-17(24)23-10-13-6-4-12(5-7-13)9-21-15-8-16(19)22-11-14(15)20/h8,11-13H,4-7,9-10H2,1-3H3,(H,21,22)(H,23,24). The quantitative estimate of drug-likeness (QED) is 0.456. The number of hydrogen-bond donors (Lipinski definition) is 2. The molecule has 1 aromatic heterocycles. The van der Waals surface area contributed by atoms with Crippen LogP contribution in [0.3, 0.4) is 0 Å². The minimum Gasteiger partial charge on any atom is -0.444 e. The van der Waals surface area contributed by atoms with E-state index in [-0.39, 0.29) is 6.09 Å². The predicted octanol–water partition coefficient (Wildman–Crippen LogP) is 5.08. The van der Waals surface area contributed by atoms with Crippen LogP contribution in [-0.2, 0) is 4.74 Å². The van der Waals surface area contributed by atoms with Gasteiger partial charge < -0.3 is 15.4 Å². The van der Waals surface area contributed by atoms with Crippen molar-refractivity contribution in [2.75, 3.05) is 18.4 Å². The van der Waals surface area contributed by atoms with Gasteiger partial charge in [0, 0.05) is 19.3 Å². The second-order valence-corrected chi connectivity index (χ2v) is 9.19. The lowest BCUT2D eigenvalue weighted by Crippen LogP contribution is -2.36. The number of hydrogen-bond acceptors (Lipinski definition) is 4. The number of pyridine rings is 1. The molecule has 7 heteroatoms. The Morgan fingerprint density at radius 1 is 1.28 bits per heavy atom. The van der Waals surface area contributed by atoms with Gasteiger partial charge >= 0.3 is 6.09 Å². The summed E-state index contributed by atoms with van der Waals surface area (Å²) in [7, 11) is 0. The predicted molar refractivity (Wildman–Crippen MR) is 110 cm³/mol. The van der Waals surface area contributed by atoms with Gasteiger partial charge in [-0.15, -0.1) is 0 Å². The van der Waals surface area contributed by atoms with Crippen molar-refractivity contribution in [1.82, 2.24) is 10.3 Å². The average molecular weight is 480 g/mol. The van der Waals surface area contributed by atoms with E-state index < -0.39 is 5.60 Å². The van der Waals surface area contributed by atoms with Crippen LogP contribution in [0, 0.1) is 15.4 Å². The zero-order valence-corrected chi connectivity index (χ0v) is 18.0. The number of aromatic nitrogens is 1. The summed E-state index contributed by atoms with van der Waals surface area (Å²) in [5, 5.41) is 6.90. The van der Waals surface area contributed by atoms with Gasteiger partial charge in [-0.1, -0.05) is 11.6 Å². The Labute approximate surface area is 168 Å². The van der Waals surface area contributed by atoms with Gasteiger partial charge in [-0.25, -0.2) is 9.78 Å². The molecule has 0 unspecified atom stereocenters. The van der Waals surface area contributed by atoms with E-state index in [9.17, 15) is 4.79 Å². The molecule has 140 valence electrons. The SMILES string of the molecule is CC(C)(C)OC(=O)NCC1CCC(CNc2cc(Cl)ncc2I)CC1. The van der Waals surface area contributed by atoms with Gasteiger partial charge in [-0.05, 0) is 86.9 Å². The maximum Gasteiger partial charge on any atom is 0.407 e. The molecule has 0 saturated heterocycles. The van der Waals surface area contributed by atoms with Crippen LogP contribution in [0.15, 0.2) is 12.3 Å². The first-order valence-corrected chi connectivity index (χ1v) is 10.2. The Kier molecular flexibility index (Phi) is 7.61. The summed E-state index contributed by atoms with van der Waals surface area (Å²) in [6, 6.07) is 1.87. The highest BCUT2D eigenvalue weighted by atomic mass is 127. The number of carbonyl (C=O) groups is 1. The van der Waals surface area contributed by atoms with Crippen molar-refractivity contribution < 1.29 is 9.53 Å². The largest absolute Gasteiger partial charge is 0.444 e. The number of nitrogens with zero attached hydrogens (tertiary/aromatic N) is 1. The molecule has 0 atom stereocenters. The third-order valence-corrected chi connectivity index (χ3v) is 5.37. The first-order chi connectivity index (χ1) is 11.7. The van der Waals surface area contributed by atoms with E-state index in [0.717, 1.165) is 28.6 Å². The van der Waals surface area contributed by atoms with Crippen LogP contribution < -0.4 is 10.6 Å². The second-order valence-electron chi connectivity index (χ2n) is 7.64. The second kappa shape index (κ2) is 9.26. The number of nitrogens with one attached hydrogen (secondary N) is 2. The summed E-state index contributed by atoms with van der Waals surface area (Å²) >= 11 is 8.22. The van der Waals surface area contributed by atoms with Gasteiger partial charge in [0.15, 0.2) is 0 Å². The highest BCUT2D eigenvalue weighted by Crippen LogP contribution is 2.29. The number of halogens is 2. The Hall–Kier alpha value is -0.760. The lowest BCUT2D eigenvalue weighted by Gasteiger charge is -2.29. The number of rotatable bonds is 5. The summed E-state index contributed by atoms with van der Waals surface area (Å²) in [6.45, 7) is 7.28. The zero-order valence-electron chi connectivity index (χ0n) is 15.1. The van der Waals surface area contributed by atoms with Crippen LogP contribution in [0.25, 0.3) is 0 Å². The molecule has 1 aliphatic rings. The topological polar surface area (TPSA) is 63.2 Å². The smallest absolute Gasteiger partial charge is 0.407 e. The monoisotopic (exact) mass is 479 g/mol. The molecule has 25 heavy (non-hydrogen) atoms. The molecule has 2 N–H and O–H groups in total. The van der Waals surface area contributed by atoms with Gasteiger partial charge in [0.25, 0.3) is 0 Å². The van der Waals surface area contributed by atoms with E-state index in [1.807, 2.05) is 26.8 Å². The molecule has 1 aliphatic carbocycles. The fraction of sp³-hybridized carbons (Fsp3) is 0.667. The Morgan fingerprint density at radius 2 is 1.88 bits per heavy atom. The molecule has 0 aliphatic heterocycles. The lowest BCUT2D eigenvalue weighted by molar-refractivity contribution is 0.0513. The van der Waals surface area contributed by atoms with Gasteiger partial charge in [-0.3, -0.25) is 0 Å². The Bertz CT molecular complexity index is 584. The molecule has 1 saturated carbocycles. The van der Waals surface area contributed by atoms with Crippen molar-refractivity contribution >= 4 is 46.0 Å². The average Bonchev–Trinajstić information content (AvgIpc) is 2.53. The van der Waals surface area contributed by atoms with Gasteiger partial charge in [-0.2, -0.15) is 0 Å². The van der Waals surface area contributed by atoms with E-state index in [4.69, 9.17) is 16.3 Å². The fourth-order valence-electron chi connectivity index (χ4n) is 2.98. The molecular weight excluding hydrogens is 453 g/mol. The number of amides is 1. The third-order valence-electron chi connectivity index (χ3n) is 4.30. The molecule has 0 aromatic carbocycles. The molecule has 0 bridgehead atoms. The van der Waals surface area contributed by atoms with E-state index in [1.54, 1.807) is 6.20 Å². The van der Waals surface area contributed by atoms with Gasteiger partial charge in [0.1, 0.15) is 10.8 Å². The van der Waals surface area contributed by atoms with Crippen molar-refractivity contribution in [2.24, 2.45) is 11.8 Å². The lowest BCUT2D eigenvalue weighted by atomic mass is 9.82. The van der Waals surface area contributed by atoms with Crippen LogP contribution >= 0.6 is 34.2 Å². The molecule has 0 spiro atoms. The minimum atomic E-state index is -0.444. The van der Waals surface area contributed by atoms with Crippen LogP contribution in [-0.4, -0.2) is 29.8 Å². The van der Waals surface area contributed by atoms with E-state index in [1.165, 1.54) is 12.8 Å². The summed E-state index contributed by atoms with van der Waals surface area (Å²) in [5.41, 5.74) is 0.607. The molecule has 2 rings (SSSR count). The van der Waals surface area contributed by atoms with E-state index >= 15 is 0 Å².